The first-order valence-electron chi connectivity index (χ1n) is 7.04. The Morgan fingerprint density at radius 2 is 2.04 bits per heavy atom. The molecule has 114 valence electrons. The summed E-state index contributed by atoms with van der Waals surface area (Å²) in [6.45, 7) is 0. The Hall–Kier alpha value is -3.08. The molecule has 1 aliphatic rings. The van der Waals surface area contributed by atoms with Crippen molar-refractivity contribution in [1.82, 2.24) is 9.97 Å². The summed E-state index contributed by atoms with van der Waals surface area (Å²) in [5, 5.41) is 9.04. The van der Waals surface area contributed by atoms with Crippen LogP contribution < -0.4 is 0 Å². The Labute approximate surface area is 132 Å². The minimum atomic E-state index is -0.951. The quantitative estimate of drug-likeness (QED) is 0.940. The number of aromatic nitrogens is 2. The van der Waals surface area contributed by atoms with Gasteiger partial charge in [0.25, 0.3) is 0 Å². The molecule has 0 radical (unpaired) electrons. The second-order valence-corrected chi connectivity index (χ2v) is 4.97. The van der Waals surface area contributed by atoms with E-state index in [1.54, 1.807) is 54.8 Å². The number of hydrogen-bond donors (Lipinski definition) is 1. The van der Waals surface area contributed by atoms with E-state index in [0.717, 1.165) is 0 Å². The van der Waals surface area contributed by atoms with Crippen molar-refractivity contribution in [2.75, 3.05) is 0 Å². The van der Waals surface area contributed by atoms with E-state index < -0.39 is 5.97 Å². The van der Waals surface area contributed by atoms with Crippen molar-refractivity contribution in [2.45, 2.75) is 6.42 Å². The van der Waals surface area contributed by atoms with E-state index in [4.69, 9.17) is 5.11 Å². The molecule has 2 aromatic rings. The summed E-state index contributed by atoms with van der Waals surface area (Å²) in [5.41, 5.74) is 1.88. The van der Waals surface area contributed by atoms with Crippen LogP contribution in [0.5, 0.6) is 0 Å². The SMILES string of the molecule is O=C(O)C1=CC=CC(c2nccc(-c3ccccc3F)n2)=CC1. The highest BCUT2D eigenvalue weighted by Gasteiger charge is 2.11. The Kier molecular flexibility index (Phi) is 4.10. The van der Waals surface area contributed by atoms with Crippen LogP contribution in [0, 0.1) is 5.82 Å². The highest BCUT2D eigenvalue weighted by atomic mass is 19.1. The zero-order valence-corrected chi connectivity index (χ0v) is 12.1. The molecule has 23 heavy (non-hydrogen) atoms. The molecular weight excluding hydrogens is 295 g/mol. The molecule has 4 nitrogen and oxygen atoms in total. The third-order valence-electron chi connectivity index (χ3n) is 3.45. The van der Waals surface area contributed by atoms with Gasteiger partial charge in [0.05, 0.1) is 5.69 Å². The van der Waals surface area contributed by atoms with Crippen molar-refractivity contribution in [2.24, 2.45) is 0 Å². The lowest BCUT2D eigenvalue weighted by Gasteiger charge is -2.05. The van der Waals surface area contributed by atoms with Gasteiger partial charge in [-0.25, -0.2) is 19.2 Å². The number of hydrogen-bond acceptors (Lipinski definition) is 3. The number of nitrogens with zero attached hydrogens (tertiary/aromatic N) is 2. The number of aliphatic carboxylic acids is 1. The average Bonchev–Trinajstić information content (AvgIpc) is 2.82. The first-order chi connectivity index (χ1) is 11.1. The summed E-state index contributed by atoms with van der Waals surface area (Å²) in [7, 11) is 0. The average molecular weight is 308 g/mol. The molecule has 0 spiro atoms. The van der Waals surface area contributed by atoms with Gasteiger partial charge in [-0.3, -0.25) is 0 Å². The molecule has 0 fully saturated rings. The van der Waals surface area contributed by atoms with Gasteiger partial charge in [0, 0.05) is 22.9 Å². The molecular formula is C18H13FN2O2. The molecule has 1 heterocycles. The molecule has 0 aliphatic heterocycles. The van der Waals surface area contributed by atoms with Crippen molar-refractivity contribution in [3.8, 4) is 11.3 Å². The summed E-state index contributed by atoms with van der Waals surface area (Å²) >= 11 is 0. The predicted octanol–water partition coefficient (Wildman–Crippen LogP) is 3.64. The number of allylic oxidation sites excluding steroid dienone is 5. The van der Waals surface area contributed by atoms with Gasteiger partial charge in [-0.05, 0) is 24.6 Å². The number of carbonyl (C=O) groups is 1. The van der Waals surface area contributed by atoms with E-state index in [9.17, 15) is 9.18 Å². The smallest absolute Gasteiger partial charge is 0.331 e. The second kappa shape index (κ2) is 6.36. The molecule has 5 heteroatoms. The van der Waals surface area contributed by atoms with Gasteiger partial charge in [0.1, 0.15) is 5.82 Å². The molecule has 3 rings (SSSR count). The fourth-order valence-corrected chi connectivity index (χ4v) is 2.27. The molecule has 1 aromatic carbocycles. The monoisotopic (exact) mass is 308 g/mol. The Balaban J connectivity index is 1.95. The topological polar surface area (TPSA) is 63.1 Å². The van der Waals surface area contributed by atoms with Gasteiger partial charge in [0.15, 0.2) is 5.82 Å². The van der Waals surface area contributed by atoms with Crippen molar-refractivity contribution >= 4 is 11.5 Å². The summed E-state index contributed by atoms with van der Waals surface area (Å²) in [6.07, 6.45) is 8.55. The van der Waals surface area contributed by atoms with Crippen LogP contribution in [0.3, 0.4) is 0 Å². The second-order valence-electron chi connectivity index (χ2n) is 4.97. The fraction of sp³-hybridized carbons (Fsp3) is 0.0556. The summed E-state index contributed by atoms with van der Waals surface area (Å²) in [6, 6.07) is 8.04. The van der Waals surface area contributed by atoms with E-state index in [-0.39, 0.29) is 12.2 Å². The van der Waals surface area contributed by atoms with Crippen molar-refractivity contribution in [1.29, 1.82) is 0 Å². The molecule has 1 aromatic heterocycles. The molecule has 1 aliphatic carbocycles. The highest BCUT2D eigenvalue weighted by molar-refractivity contribution is 5.88. The number of halogens is 1. The number of carboxylic acids is 1. The molecule has 0 saturated heterocycles. The first kappa shape index (κ1) is 14.8. The van der Waals surface area contributed by atoms with Gasteiger partial charge in [-0.15, -0.1) is 0 Å². The summed E-state index contributed by atoms with van der Waals surface area (Å²) in [4.78, 5) is 19.6. The fourth-order valence-electron chi connectivity index (χ4n) is 2.27. The maximum absolute atomic E-state index is 13.9. The Morgan fingerprint density at radius 1 is 1.22 bits per heavy atom. The predicted molar refractivity (Wildman–Crippen MR) is 84.9 cm³/mol. The number of rotatable bonds is 3. The summed E-state index contributed by atoms with van der Waals surface area (Å²) in [5.74, 6) is -0.868. The summed E-state index contributed by atoms with van der Waals surface area (Å²) < 4.78 is 13.9. The van der Waals surface area contributed by atoms with E-state index >= 15 is 0 Å². The third kappa shape index (κ3) is 3.23. The van der Waals surface area contributed by atoms with Crippen molar-refractivity contribution in [3.63, 3.8) is 0 Å². The van der Waals surface area contributed by atoms with Crippen LogP contribution in [0.4, 0.5) is 4.39 Å². The molecule has 0 bridgehead atoms. The van der Waals surface area contributed by atoms with Gasteiger partial charge in [-0.2, -0.15) is 0 Å². The van der Waals surface area contributed by atoms with Crippen molar-refractivity contribution < 1.29 is 14.3 Å². The lowest BCUT2D eigenvalue weighted by Crippen LogP contribution is -1.99. The van der Waals surface area contributed by atoms with Gasteiger partial charge >= 0.3 is 5.97 Å². The number of benzene rings is 1. The molecule has 0 amide bonds. The van der Waals surface area contributed by atoms with Gasteiger partial charge in [-0.1, -0.05) is 36.4 Å². The van der Waals surface area contributed by atoms with Crippen LogP contribution >= 0.6 is 0 Å². The van der Waals surface area contributed by atoms with Gasteiger partial charge < -0.3 is 5.11 Å². The van der Waals surface area contributed by atoms with Crippen LogP contribution in [0.25, 0.3) is 16.8 Å². The Bertz CT molecular complexity index is 854. The number of carboxylic acid groups (broad SMARTS) is 1. The first-order valence-corrected chi connectivity index (χ1v) is 7.04. The van der Waals surface area contributed by atoms with Crippen molar-refractivity contribution in [3.05, 3.63) is 78.0 Å². The molecule has 0 unspecified atom stereocenters. The minimum absolute atomic E-state index is 0.283. The third-order valence-corrected chi connectivity index (χ3v) is 3.45. The highest BCUT2D eigenvalue weighted by Crippen LogP contribution is 2.23. The van der Waals surface area contributed by atoms with E-state index in [1.165, 1.54) is 6.07 Å². The lowest BCUT2D eigenvalue weighted by molar-refractivity contribution is -0.132. The van der Waals surface area contributed by atoms with Crippen LogP contribution in [0.1, 0.15) is 12.2 Å². The normalized spacial score (nSPS) is 14.0. The van der Waals surface area contributed by atoms with E-state index in [1.807, 2.05) is 0 Å². The maximum Gasteiger partial charge on any atom is 0.331 e. The van der Waals surface area contributed by atoms with Crippen LogP contribution in [-0.4, -0.2) is 21.0 Å². The maximum atomic E-state index is 13.9. The molecule has 0 atom stereocenters. The standard InChI is InChI=1S/C18H13FN2O2/c19-15-7-2-1-6-14(15)16-10-11-20-17(21-16)12-4-3-5-13(9-8-12)18(22)23/h1-8,10-11H,9H2,(H,22,23). The van der Waals surface area contributed by atoms with Gasteiger partial charge in [0.2, 0.25) is 0 Å². The largest absolute Gasteiger partial charge is 0.478 e. The zero-order valence-electron chi connectivity index (χ0n) is 12.1. The zero-order chi connectivity index (χ0) is 16.2. The minimum Gasteiger partial charge on any atom is -0.478 e. The lowest BCUT2D eigenvalue weighted by atomic mass is 10.1. The Morgan fingerprint density at radius 3 is 2.83 bits per heavy atom. The van der Waals surface area contributed by atoms with Crippen LogP contribution in [0.2, 0.25) is 0 Å². The van der Waals surface area contributed by atoms with E-state index in [0.29, 0.717) is 28.2 Å². The van der Waals surface area contributed by atoms with E-state index in [2.05, 4.69) is 9.97 Å². The van der Waals surface area contributed by atoms with Crippen LogP contribution in [-0.2, 0) is 4.79 Å². The molecule has 0 saturated carbocycles. The van der Waals surface area contributed by atoms with Crippen LogP contribution in [0.15, 0.2) is 66.4 Å². The molecule has 1 N–H and O–H groups in total.